The number of halogens is 1. The van der Waals surface area contributed by atoms with Crippen LogP contribution in [-0.2, 0) is 10.0 Å². The maximum absolute atomic E-state index is 13.7. The molecule has 0 aliphatic heterocycles. The van der Waals surface area contributed by atoms with Gasteiger partial charge in [-0.25, -0.2) is 22.3 Å². The van der Waals surface area contributed by atoms with Crippen molar-refractivity contribution < 1.29 is 27.4 Å². The lowest BCUT2D eigenvalue weighted by atomic mass is 10.1. The third kappa shape index (κ3) is 5.01. The van der Waals surface area contributed by atoms with E-state index in [4.69, 9.17) is 9.84 Å². The minimum atomic E-state index is -4.19. The second kappa shape index (κ2) is 7.62. The summed E-state index contributed by atoms with van der Waals surface area (Å²) in [6.07, 6.45) is 0. The smallest absolute Gasteiger partial charge is 0.335 e. The fourth-order valence-corrected chi connectivity index (χ4v) is 3.40. The van der Waals surface area contributed by atoms with Crippen LogP contribution in [0.3, 0.4) is 0 Å². The van der Waals surface area contributed by atoms with Gasteiger partial charge in [-0.3, -0.25) is 0 Å². The highest BCUT2D eigenvalue weighted by Gasteiger charge is 2.20. The first-order chi connectivity index (χ1) is 11.7. The number of nitrogens with one attached hydrogen (secondary N) is 1. The molecule has 0 saturated carbocycles. The van der Waals surface area contributed by atoms with Gasteiger partial charge >= 0.3 is 5.97 Å². The molecular formula is C17H18FNO5S. The van der Waals surface area contributed by atoms with Crippen LogP contribution in [-0.4, -0.2) is 32.6 Å². The van der Waals surface area contributed by atoms with E-state index >= 15 is 0 Å². The Morgan fingerprint density at radius 2 is 1.80 bits per heavy atom. The van der Waals surface area contributed by atoms with E-state index in [9.17, 15) is 17.6 Å². The topological polar surface area (TPSA) is 92.7 Å². The van der Waals surface area contributed by atoms with E-state index in [1.807, 2.05) is 32.0 Å². The number of carboxylic acid groups (broad SMARTS) is 1. The van der Waals surface area contributed by atoms with E-state index in [1.54, 1.807) is 0 Å². The predicted molar refractivity (Wildman–Crippen MR) is 90.0 cm³/mol. The highest BCUT2D eigenvalue weighted by Crippen LogP contribution is 2.17. The summed E-state index contributed by atoms with van der Waals surface area (Å²) in [5.74, 6) is -1.75. The van der Waals surface area contributed by atoms with Crippen LogP contribution in [0.5, 0.6) is 5.75 Å². The molecule has 134 valence electrons. The monoisotopic (exact) mass is 367 g/mol. The molecule has 2 rings (SSSR count). The Morgan fingerprint density at radius 3 is 2.40 bits per heavy atom. The highest BCUT2D eigenvalue weighted by atomic mass is 32.2. The molecule has 0 aliphatic rings. The maximum atomic E-state index is 13.7. The van der Waals surface area contributed by atoms with Gasteiger partial charge in [-0.15, -0.1) is 0 Å². The number of rotatable bonds is 7. The molecule has 0 aliphatic carbocycles. The van der Waals surface area contributed by atoms with E-state index in [0.717, 1.165) is 29.3 Å². The normalized spacial score (nSPS) is 11.3. The van der Waals surface area contributed by atoms with Crippen molar-refractivity contribution in [1.29, 1.82) is 0 Å². The van der Waals surface area contributed by atoms with E-state index in [2.05, 4.69) is 4.72 Å². The number of aromatic carboxylic acids is 1. The molecule has 0 amide bonds. The van der Waals surface area contributed by atoms with Gasteiger partial charge in [0.15, 0.2) is 0 Å². The zero-order chi connectivity index (χ0) is 18.6. The van der Waals surface area contributed by atoms with Crippen molar-refractivity contribution in [2.75, 3.05) is 13.2 Å². The fourth-order valence-electron chi connectivity index (χ4n) is 2.28. The Morgan fingerprint density at radius 1 is 1.16 bits per heavy atom. The van der Waals surface area contributed by atoms with Crippen molar-refractivity contribution in [3.63, 3.8) is 0 Å². The van der Waals surface area contributed by atoms with Crippen LogP contribution < -0.4 is 9.46 Å². The number of carboxylic acids is 1. The lowest BCUT2D eigenvalue weighted by molar-refractivity contribution is 0.0696. The Bertz CT molecular complexity index is 876. The van der Waals surface area contributed by atoms with Crippen LogP contribution in [0, 0.1) is 19.7 Å². The van der Waals surface area contributed by atoms with Crippen molar-refractivity contribution in [2.24, 2.45) is 0 Å². The summed E-state index contributed by atoms with van der Waals surface area (Å²) in [5.41, 5.74) is 1.72. The minimum Gasteiger partial charge on any atom is -0.492 e. The summed E-state index contributed by atoms with van der Waals surface area (Å²) in [4.78, 5) is 10.2. The summed E-state index contributed by atoms with van der Waals surface area (Å²) in [5, 5.41) is 8.89. The fraction of sp³-hybridized carbons (Fsp3) is 0.235. The number of ether oxygens (including phenoxy) is 1. The molecule has 0 radical (unpaired) electrons. The highest BCUT2D eigenvalue weighted by molar-refractivity contribution is 7.89. The lowest BCUT2D eigenvalue weighted by Crippen LogP contribution is -2.29. The number of hydrogen-bond acceptors (Lipinski definition) is 4. The molecule has 0 atom stereocenters. The van der Waals surface area contributed by atoms with Crippen LogP contribution in [0.2, 0.25) is 0 Å². The zero-order valence-corrected chi connectivity index (χ0v) is 14.6. The van der Waals surface area contributed by atoms with Crippen LogP contribution in [0.25, 0.3) is 0 Å². The lowest BCUT2D eigenvalue weighted by Gasteiger charge is -2.10. The number of aryl methyl sites for hydroxylation is 2. The van der Waals surface area contributed by atoms with Gasteiger partial charge in [0.25, 0.3) is 0 Å². The molecule has 0 bridgehead atoms. The Labute approximate surface area is 145 Å². The first-order valence-corrected chi connectivity index (χ1v) is 8.91. The number of benzene rings is 2. The second-order valence-corrected chi connectivity index (χ2v) is 7.26. The molecule has 2 aromatic carbocycles. The SMILES string of the molecule is Cc1cc(C)cc(OCCNS(=O)(=O)c2cc(C(=O)O)ccc2F)c1. The van der Waals surface area contributed by atoms with E-state index < -0.39 is 26.7 Å². The van der Waals surface area contributed by atoms with Crippen molar-refractivity contribution in [3.8, 4) is 5.75 Å². The standard InChI is InChI=1S/C17H18FNO5S/c1-11-7-12(2)9-14(8-11)24-6-5-19-25(22,23)16-10-13(17(20)21)3-4-15(16)18/h3-4,7-10,19H,5-6H2,1-2H3,(H,20,21). The molecule has 25 heavy (non-hydrogen) atoms. The molecule has 0 aromatic heterocycles. The van der Waals surface area contributed by atoms with Crippen molar-refractivity contribution in [2.45, 2.75) is 18.7 Å². The van der Waals surface area contributed by atoms with Gasteiger partial charge in [0.1, 0.15) is 23.1 Å². The van der Waals surface area contributed by atoms with Gasteiger partial charge in [-0.05, 0) is 55.3 Å². The van der Waals surface area contributed by atoms with Gasteiger partial charge in [0, 0.05) is 6.54 Å². The van der Waals surface area contributed by atoms with E-state index in [1.165, 1.54) is 0 Å². The Kier molecular flexibility index (Phi) is 5.76. The van der Waals surface area contributed by atoms with Gasteiger partial charge in [0.2, 0.25) is 10.0 Å². The zero-order valence-electron chi connectivity index (χ0n) is 13.7. The first kappa shape index (κ1) is 18.9. The Balaban J connectivity index is 2.02. The van der Waals surface area contributed by atoms with Gasteiger partial charge in [-0.2, -0.15) is 0 Å². The first-order valence-electron chi connectivity index (χ1n) is 7.42. The van der Waals surface area contributed by atoms with Crippen molar-refractivity contribution in [3.05, 3.63) is 58.9 Å². The molecule has 0 fully saturated rings. The summed E-state index contributed by atoms with van der Waals surface area (Å²) < 4.78 is 45.7. The third-order valence-corrected chi connectivity index (χ3v) is 4.80. The number of carbonyl (C=O) groups is 1. The molecule has 8 heteroatoms. The molecule has 0 heterocycles. The number of hydrogen-bond donors (Lipinski definition) is 2. The van der Waals surface area contributed by atoms with Gasteiger partial charge in [-0.1, -0.05) is 6.07 Å². The molecule has 0 saturated heterocycles. The molecule has 2 aromatic rings. The third-order valence-electron chi connectivity index (χ3n) is 3.33. The van der Waals surface area contributed by atoms with Gasteiger partial charge in [0.05, 0.1) is 5.56 Å². The average molecular weight is 367 g/mol. The Hall–Kier alpha value is -2.45. The second-order valence-electron chi connectivity index (χ2n) is 5.52. The molecule has 0 spiro atoms. The number of sulfonamides is 1. The van der Waals surface area contributed by atoms with E-state index in [0.29, 0.717) is 5.75 Å². The van der Waals surface area contributed by atoms with Gasteiger partial charge < -0.3 is 9.84 Å². The van der Waals surface area contributed by atoms with Crippen LogP contribution in [0.1, 0.15) is 21.5 Å². The van der Waals surface area contributed by atoms with Crippen LogP contribution in [0.4, 0.5) is 4.39 Å². The molecule has 2 N–H and O–H groups in total. The molecule has 0 unspecified atom stereocenters. The van der Waals surface area contributed by atoms with E-state index in [-0.39, 0.29) is 18.7 Å². The largest absolute Gasteiger partial charge is 0.492 e. The molecular weight excluding hydrogens is 349 g/mol. The maximum Gasteiger partial charge on any atom is 0.335 e. The predicted octanol–water partition coefficient (Wildman–Crippen LogP) is 2.50. The minimum absolute atomic E-state index is 0.0440. The van der Waals surface area contributed by atoms with Crippen LogP contribution in [0.15, 0.2) is 41.3 Å². The van der Waals surface area contributed by atoms with Crippen molar-refractivity contribution in [1.82, 2.24) is 4.72 Å². The summed E-state index contributed by atoms with van der Waals surface area (Å²) in [7, 11) is -4.19. The quantitative estimate of drug-likeness (QED) is 0.734. The average Bonchev–Trinajstić information content (AvgIpc) is 2.50. The summed E-state index contributed by atoms with van der Waals surface area (Å²) >= 11 is 0. The summed E-state index contributed by atoms with van der Waals surface area (Å²) in [6, 6.07) is 8.21. The van der Waals surface area contributed by atoms with Crippen molar-refractivity contribution >= 4 is 16.0 Å². The van der Waals surface area contributed by atoms with Crippen LogP contribution >= 0.6 is 0 Å². The molecule has 6 nitrogen and oxygen atoms in total. The summed E-state index contributed by atoms with van der Waals surface area (Å²) in [6.45, 7) is 3.79.